The van der Waals surface area contributed by atoms with E-state index in [9.17, 15) is 4.39 Å². The molecule has 0 aliphatic carbocycles. The van der Waals surface area contributed by atoms with Crippen LogP contribution in [0.5, 0.6) is 0 Å². The second kappa shape index (κ2) is 7.84. The third kappa shape index (κ3) is 3.31. The molecule has 0 radical (unpaired) electrons. The van der Waals surface area contributed by atoms with E-state index in [2.05, 4.69) is 25.1 Å². The van der Waals surface area contributed by atoms with Crippen molar-refractivity contribution >= 4 is 16.6 Å². The Morgan fingerprint density at radius 1 is 1.17 bits per heavy atom. The Morgan fingerprint density at radius 3 is 2.93 bits per heavy atom. The van der Waals surface area contributed by atoms with Gasteiger partial charge in [-0.15, -0.1) is 0 Å². The van der Waals surface area contributed by atoms with Crippen molar-refractivity contribution in [2.75, 3.05) is 24.5 Å². The van der Waals surface area contributed by atoms with Crippen molar-refractivity contribution in [2.24, 2.45) is 11.7 Å². The topological polar surface area (TPSA) is 83.7 Å². The summed E-state index contributed by atoms with van der Waals surface area (Å²) in [5.41, 5.74) is 10.6. The predicted molar refractivity (Wildman–Crippen MR) is 117 cm³/mol. The molecule has 1 aromatic carbocycles. The van der Waals surface area contributed by atoms with E-state index in [1.54, 1.807) is 18.3 Å². The smallest absolute Gasteiger partial charge is 0.132 e. The summed E-state index contributed by atoms with van der Waals surface area (Å²) in [4.78, 5) is 11.4. The van der Waals surface area contributed by atoms with Crippen molar-refractivity contribution in [2.45, 2.75) is 12.8 Å². The molecular formula is C23H23FN6. The normalized spacial score (nSPS) is 16.9. The molecule has 6 nitrogen and oxygen atoms in total. The summed E-state index contributed by atoms with van der Waals surface area (Å²) in [7, 11) is 0. The van der Waals surface area contributed by atoms with Crippen LogP contribution in [0, 0.1) is 11.7 Å². The minimum absolute atomic E-state index is 0.299. The largest absolute Gasteiger partial charge is 0.371 e. The Labute approximate surface area is 174 Å². The number of aromatic amines is 1. The van der Waals surface area contributed by atoms with Crippen LogP contribution in [-0.4, -0.2) is 39.8 Å². The highest BCUT2D eigenvalue weighted by Gasteiger charge is 2.22. The number of H-pyrrole nitrogens is 1. The number of pyridine rings is 2. The van der Waals surface area contributed by atoms with E-state index in [0.29, 0.717) is 23.7 Å². The Balaban J connectivity index is 1.59. The van der Waals surface area contributed by atoms with Gasteiger partial charge in [-0.1, -0.05) is 12.1 Å². The first-order valence-electron chi connectivity index (χ1n) is 10.2. The number of piperidine rings is 1. The number of nitrogens with two attached hydrogens (primary N) is 1. The van der Waals surface area contributed by atoms with Crippen LogP contribution in [0.2, 0.25) is 0 Å². The first-order valence-corrected chi connectivity index (χ1v) is 10.2. The van der Waals surface area contributed by atoms with Crippen molar-refractivity contribution in [3.63, 3.8) is 0 Å². The molecule has 0 amide bonds. The number of nitrogens with zero attached hydrogens (tertiary/aromatic N) is 4. The van der Waals surface area contributed by atoms with Gasteiger partial charge in [-0.3, -0.25) is 15.1 Å². The zero-order chi connectivity index (χ0) is 20.5. The average molecular weight is 402 g/mol. The van der Waals surface area contributed by atoms with Crippen molar-refractivity contribution in [3.05, 3.63) is 60.8 Å². The molecule has 4 heterocycles. The molecule has 30 heavy (non-hydrogen) atoms. The molecule has 1 saturated heterocycles. The van der Waals surface area contributed by atoms with Gasteiger partial charge < -0.3 is 10.6 Å². The van der Waals surface area contributed by atoms with Crippen LogP contribution in [0.3, 0.4) is 0 Å². The van der Waals surface area contributed by atoms with Gasteiger partial charge in [0.1, 0.15) is 11.5 Å². The molecule has 1 aliphatic heterocycles. The van der Waals surface area contributed by atoms with Gasteiger partial charge in [-0.25, -0.2) is 4.39 Å². The van der Waals surface area contributed by atoms with E-state index in [-0.39, 0.29) is 5.82 Å². The van der Waals surface area contributed by atoms with Crippen LogP contribution in [0.1, 0.15) is 12.8 Å². The van der Waals surface area contributed by atoms with Gasteiger partial charge in [0.25, 0.3) is 0 Å². The summed E-state index contributed by atoms with van der Waals surface area (Å²) in [6.07, 6.45) is 7.69. The zero-order valence-electron chi connectivity index (χ0n) is 16.6. The minimum atomic E-state index is -0.299. The van der Waals surface area contributed by atoms with E-state index >= 15 is 0 Å². The average Bonchev–Trinajstić information content (AvgIpc) is 3.22. The molecule has 3 N–H and O–H groups in total. The van der Waals surface area contributed by atoms with Gasteiger partial charge in [0.2, 0.25) is 0 Å². The quantitative estimate of drug-likeness (QED) is 0.539. The second-order valence-corrected chi connectivity index (χ2v) is 7.75. The summed E-state index contributed by atoms with van der Waals surface area (Å²) in [5, 5.41) is 8.15. The third-order valence-corrected chi connectivity index (χ3v) is 5.84. The van der Waals surface area contributed by atoms with Crippen LogP contribution in [0.4, 0.5) is 10.1 Å². The maximum absolute atomic E-state index is 14.4. The van der Waals surface area contributed by atoms with Crippen LogP contribution >= 0.6 is 0 Å². The maximum atomic E-state index is 14.4. The lowest BCUT2D eigenvalue weighted by Crippen LogP contribution is -2.38. The van der Waals surface area contributed by atoms with E-state index in [1.165, 1.54) is 12.5 Å². The number of halogens is 1. The molecule has 1 unspecified atom stereocenters. The molecule has 1 aliphatic rings. The van der Waals surface area contributed by atoms with Crippen molar-refractivity contribution in [1.82, 2.24) is 20.2 Å². The number of fused-ring (bicyclic) bond motifs is 1. The number of nitrogens with one attached hydrogen (secondary N) is 1. The monoisotopic (exact) mass is 402 g/mol. The molecule has 1 atom stereocenters. The van der Waals surface area contributed by atoms with Crippen molar-refractivity contribution < 1.29 is 4.39 Å². The van der Waals surface area contributed by atoms with E-state index in [0.717, 1.165) is 47.4 Å². The predicted octanol–water partition coefficient (Wildman–Crippen LogP) is 4.00. The number of hydrogen-bond acceptors (Lipinski definition) is 5. The van der Waals surface area contributed by atoms with Gasteiger partial charge in [-0.05, 0) is 49.6 Å². The number of hydrogen-bond donors (Lipinski definition) is 2. The standard InChI is InChI=1S/C23H23FN6/c24-19-6-2-1-5-16(19)23-17-10-20(27-13-21(17)28-29-23)18-12-26-8-7-22(18)30-9-3-4-15(11-25)14-30/h1-2,5-8,10,12-13,15H,3-4,9,11,14,25H2,(H,28,29). The molecule has 4 aromatic rings. The first-order chi connectivity index (χ1) is 14.7. The van der Waals surface area contributed by atoms with E-state index in [1.807, 2.05) is 30.6 Å². The highest BCUT2D eigenvalue weighted by molar-refractivity contribution is 5.95. The molecule has 5 rings (SSSR count). The maximum Gasteiger partial charge on any atom is 0.132 e. The highest BCUT2D eigenvalue weighted by Crippen LogP contribution is 2.35. The molecule has 0 saturated carbocycles. The SMILES string of the molecule is NCC1CCCN(c2ccncc2-c2cc3c(-c4ccccc4F)n[nH]c3cn2)C1. The Morgan fingerprint density at radius 2 is 2.07 bits per heavy atom. The molecule has 3 aromatic heterocycles. The van der Waals surface area contributed by atoms with Gasteiger partial charge in [0, 0.05) is 47.7 Å². The van der Waals surface area contributed by atoms with Crippen molar-refractivity contribution in [3.8, 4) is 22.5 Å². The zero-order valence-corrected chi connectivity index (χ0v) is 16.6. The number of benzene rings is 1. The van der Waals surface area contributed by atoms with Crippen LogP contribution in [-0.2, 0) is 0 Å². The van der Waals surface area contributed by atoms with Crippen molar-refractivity contribution in [1.29, 1.82) is 0 Å². The van der Waals surface area contributed by atoms with Gasteiger partial charge in [-0.2, -0.15) is 5.10 Å². The summed E-state index contributed by atoms with van der Waals surface area (Å²) in [5.74, 6) is 0.198. The summed E-state index contributed by atoms with van der Waals surface area (Å²) in [6.45, 7) is 2.62. The first kappa shape index (κ1) is 18.7. The fraction of sp³-hybridized carbons (Fsp3) is 0.261. The minimum Gasteiger partial charge on any atom is -0.371 e. The lowest BCUT2D eigenvalue weighted by Gasteiger charge is -2.34. The third-order valence-electron chi connectivity index (χ3n) is 5.84. The van der Waals surface area contributed by atoms with Crippen LogP contribution in [0.15, 0.2) is 55.0 Å². The summed E-state index contributed by atoms with van der Waals surface area (Å²) in [6, 6.07) is 10.7. The molecular weight excluding hydrogens is 379 g/mol. The summed E-state index contributed by atoms with van der Waals surface area (Å²) < 4.78 is 14.4. The molecule has 152 valence electrons. The molecule has 0 bridgehead atoms. The molecule has 1 fully saturated rings. The second-order valence-electron chi connectivity index (χ2n) is 7.75. The summed E-state index contributed by atoms with van der Waals surface area (Å²) >= 11 is 0. The van der Waals surface area contributed by atoms with Gasteiger partial charge in [0.05, 0.1) is 17.4 Å². The fourth-order valence-electron chi connectivity index (χ4n) is 4.26. The van der Waals surface area contributed by atoms with Crippen LogP contribution < -0.4 is 10.6 Å². The lowest BCUT2D eigenvalue weighted by atomic mass is 9.97. The Kier molecular flexibility index (Phi) is 4.88. The van der Waals surface area contributed by atoms with Gasteiger partial charge >= 0.3 is 0 Å². The Hall–Kier alpha value is -3.32. The molecule has 0 spiro atoms. The van der Waals surface area contributed by atoms with Gasteiger partial charge in [0.15, 0.2) is 0 Å². The number of aromatic nitrogens is 4. The van der Waals surface area contributed by atoms with Crippen LogP contribution in [0.25, 0.3) is 33.4 Å². The number of anilines is 1. The fourth-order valence-corrected chi connectivity index (χ4v) is 4.26. The van der Waals surface area contributed by atoms with E-state index < -0.39 is 0 Å². The highest BCUT2D eigenvalue weighted by atomic mass is 19.1. The Bertz CT molecular complexity index is 1190. The molecule has 7 heteroatoms. The lowest BCUT2D eigenvalue weighted by molar-refractivity contribution is 0.424. The van der Waals surface area contributed by atoms with E-state index in [4.69, 9.17) is 5.73 Å². The number of rotatable bonds is 4.